The summed E-state index contributed by atoms with van der Waals surface area (Å²) < 4.78 is 22.5. The minimum atomic E-state index is -3.68. The van der Waals surface area contributed by atoms with E-state index in [9.17, 15) is 13.2 Å². The van der Waals surface area contributed by atoms with Crippen molar-refractivity contribution in [1.82, 2.24) is 5.32 Å². The molecule has 0 aliphatic heterocycles. The number of primary sulfonamides is 1. The van der Waals surface area contributed by atoms with Gasteiger partial charge in [0.15, 0.2) is 0 Å². The van der Waals surface area contributed by atoms with Crippen LogP contribution >= 0.6 is 11.8 Å². The maximum atomic E-state index is 12.4. The van der Waals surface area contributed by atoms with Gasteiger partial charge in [-0.05, 0) is 54.8 Å². The first-order valence-electron chi connectivity index (χ1n) is 8.21. The summed E-state index contributed by atoms with van der Waals surface area (Å²) in [5, 5.41) is 7.83. The number of anilines is 1. The highest BCUT2D eigenvalue weighted by Gasteiger charge is 2.17. The topological polar surface area (TPSA) is 115 Å². The lowest BCUT2D eigenvalue weighted by molar-refractivity contribution is -0.120. The predicted octanol–water partition coefficient (Wildman–Crippen LogP) is 2.15. The highest BCUT2D eigenvalue weighted by molar-refractivity contribution is 8.00. The fourth-order valence-corrected chi connectivity index (χ4v) is 3.82. The SMILES string of the molecule is CCC(Sc1ccc(N)cc1)C(=O)NCCc1ccc(S(N)(=O)=O)cc1. The van der Waals surface area contributed by atoms with Crippen molar-refractivity contribution in [3.05, 3.63) is 54.1 Å². The molecular formula is C18H23N3O3S2. The fraction of sp³-hybridized carbons (Fsp3) is 0.278. The monoisotopic (exact) mass is 393 g/mol. The summed E-state index contributed by atoms with van der Waals surface area (Å²) in [6.07, 6.45) is 1.32. The Kier molecular flexibility index (Phi) is 7.07. The molecule has 0 aromatic heterocycles. The molecule has 0 aliphatic rings. The second kappa shape index (κ2) is 9.07. The van der Waals surface area contributed by atoms with Crippen LogP contribution in [-0.4, -0.2) is 26.1 Å². The summed E-state index contributed by atoms with van der Waals surface area (Å²) in [6.45, 7) is 2.45. The Labute approximate surface area is 158 Å². The number of nitrogens with one attached hydrogen (secondary N) is 1. The van der Waals surface area contributed by atoms with E-state index in [0.29, 0.717) is 25.1 Å². The van der Waals surface area contributed by atoms with Gasteiger partial charge in [-0.3, -0.25) is 4.79 Å². The molecule has 0 aliphatic carbocycles. The molecule has 1 atom stereocenters. The molecule has 1 unspecified atom stereocenters. The van der Waals surface area contributed by atoms with E-state index in [0.717, 1.165) is 10.5 Å². The number of benzene rings is 2. The summed E-state index contributed by atoms with van der Waals surface area (Å²) in [6, 6.07) is 13.8. The number of sulfonamides is 1. The van der Waals surface area contributed by atoms with E-state index < -0.39 is 10.0 Å². The number of hydrogen-bond acceptors (Lipinski definition) is 5. The van der Waals surface area contributed by atoms with Crippen molar-refractivity contribution >= 4 is 33.4 Å². The summed E-state index contributed by atoms with van der Waals surface area (Å²) in [4.78, 5) is 13.4. The van der Waals surface area contributed by atoms with Crippen LogP contribution in [0.5, 0.6) is 0 Å². The lowest BCUT2D eigenvalue weighted by atomic mass is 10.1. The Morgan fingerprint density at radius 1 is 1.12 bits per heavy atom. The lowest BCUT2D eigenvalue weighted by Crippen LogP contribution is -2.33. The highest BCUT2D eigenvalue weighted by atomic mass is 32.2. The van der Waals surface area contributed by atoms with Crippen LogP contribution in [0.1, 0.15) is 18.9 Å². The smallest absolute Gasteiger partial charge is 0.238 e. The molecule has 2 aromatic carbocycles. The molecule has 0 spiro atoms. The van der Waals surface area contributed by atoms with E-state index in [1.807, 2.05) is 31.2 Å². The van der Waals surface area contributed by atoms with Crippen molar-refractivity contribution in [2.75, 3.05) is 12.3 Å². The third-order valence-corrected chi connectivity index (χ3v) is 6.09. The van der Waals surface area contributed by atoms with Gasteiger partial charge in [-0.1, -0.05) is 19.1 Å². The zero-order valence-electron chi connectivity index (χ0n) is 14.5. The van der Waals surface area contributed by atoms with Gasteiger partial charge < -0.3 is 11.1 Å². The van der Waals surface area contributed by atoms with Crippen molar-refractivity contribution in [2.45, 2.75) is 34.8 Å². The molecule has 0 heterocycles. The van der Waals surface area contributed by atoms with Gasteiger partial charge >= 0.3 is 0 Å². The number of hydrogen-bond donors (Lipinski definition) is 3. The molecule has 1 amide bonds. The first-order chi connectivity index (χ1) is 12.3. The van der Waals surface area contributed by atoms with Crippen LogP contribution in [0.25, 0.3) is 0 Å². The number of amides is 1. The maximum absolute atomic E-state index is 12.4. The summed E-state index contributed by atoms with van der Waals surface area (Å²) in [5.74, 6) is -0.0181. The van der Waals surface area contributed by atoms with Gasteiger partial charge in [-0.2, -0.15) is 0 Å². The predicted molar refractivity (Wildman–Crippen MR) is 105 cm³/mol. The Morgan fingerprint density at radius 2 is 1.73 bits per heavy atom. The number of nitrogens with two attached hydrogens (primary N) is 2. The summed E-state index contributed by atoms with van der Waals surface area (Å²) >= 11 is 1.51. The number of nitrogen functional groups attached to an aromatic ring is 1. The van der Waals surface area contributed by atoms with Gasteiger partial charge in [0.05, 0.1) is 10.1 Å². The van der Waals surface area contributed by atoms with Crippen LogP contribution in [0, 0.1) is 0 Å². The number of rotatable bonds is 8. The van der Waals surface area contributed by atoms with E-state index >= 15 is 0 Å². The van der Waals surface area contributed by atoms with Gasteiger partial charge in [0.1, 0.15) is 0 Å². The standard InChI is InChI=1S/C18H23N3O3S2/c1-2-17(25-15-7-5-14(19)6-8-15)18(22)21-12-11-13-3-9-16(10-4-13)26(20,23)24/h3-10,17H,2,11-12,19H2,1H3,(H,21,22)(H2,20,23,24). The Morgan fingerprint density at radius 3 is 2.27 bits per heavy atom. The van der Waals surface area contributed by atoms with Crippen LogP contribution in [0.2, 0.25) is 0 Å². The average Bonchev–Trinajstić information content (AvgIpc) is 2.60. The molecule has 26 heavy (non-hydrogen) atoms. The van der Waals surface area contributed by atoms with E-state index in [1.54, 1.807) is 12.1 Å². The van der Waals surface area contributed by atoms with Crippen LogP contribution in [0.4, 0.5) is 5.69 Å². The average molecular weight is 394 g/mol. The molecule has 8 heteroatoms. The summed E-state index contributed by atoms with van der Waals surface area (Å²) in [5.41, 5.74) is 7.30. The zero-order valence-corrected chi connectivity index (χ0v) is 16.1. The first-order valence-corrected chi connectivity index (χ1v) is 10.6. The molecular weight excluding hydrogens is 370 g/mol. The molecule has 0 bridgehead atoms. The van der Waals surface area contributed by atoms with Gasteiger partial charge in [-0.15, -0.1) is 11.8 Å². The minimum absolute atomic E-state index is 0.0181. The van der Waals surface area contributed by atoms with Crippen LogP contribution in [0.3, 0.4) is 0 Å². The van der Waals surface area contributed by atoms with Crippen molar-refractivity contribution in [3.63, 3.8) is 0 Å². The normalized spacial score (nSPS) is 12.5. The Balaban J connectivity index is 1.85. The van der Waals surface area contributed by atoms with Crippen molar-refractivity contribution in [2.24, 2.45) is 5.14 Å². The molecule has 0 radical (unpaired) electrons. The molecule has 0 saturated heterocycles. The molecule has 140 valence electrons. The fourth-order valence-electron chi connectivity index (χ4n) is 2.32. The number of carbonyl (C=O) groups excluding carboxylic acids is 1. The minimum Gasteiger partial charge on any atom is -0.399 e. The molecule has 2 rings (SSSR count). The van der Waals surface area contributed by atoms with Crippen LogP contribution in [0.15, 0.2) is 58.3 Å². The Bertz CT molecular complexity index is 835. The second-order valence-electron chi connectivity index (χ2n) is 5.81. The molecule has 0 fully saturated rings. The van der Waals surface area contributed by atoms with Crippen LogP contribution < -0.4 is 16.2 Å². The van der Waals surface area contributed by atoms with E-state index in [4.69, 9.17) is 10.9 Å². The van der Waals surface area contributed by atoms with E-state index in [1.165, 1.54) is 23.9 Å². The lowest BCUT2D eigenvalue weighted by Gasteiger charge is -2.15. The Hall–Kier alpha value is -2.03. The molecule has 2 aromatic rings. The van der Waals surface area contributed by atoms with E-state index in [2.05, 4.69) is 5.32 Å². The van der Waals surface area contributed by atoms with Gasteiger partial charge in [0.2, 0.25) is 15.9 Å². The van der Waals surface area contributed by atoms with Gasteiger partial charge in [-0.25, -0.2) is 13.6 Å². The van der Waals surface area contributed by atoms with Gasteiger partial charge in [0, 0.05) is 17.1 Å². The summed E-state index contributed by atoms with van der Waals surface area (Å²) in [7, 11) is -3.68. The number of thioether (sulfide) groups is 1. The van der Waals surface area contributed by atoms with Gasteiger partial charge in [0.25, 0.3) is 0 Å². The maximum Gasteiger partial charge on any atom is 0.238 e. The van der Waals surface area contributed by atoms with Crippen molar-refractivity contribution in [3.8, 4) is 0 Å². The largest absolute Gasteiger partial charge is 0.399 e. The zero-order chi connectivity index (χ0) is 19.2. The quantitative estimate of drug-likeness (QED) is 0.469. The second-order valence-corrected chi connectivity index (χ2v) is 8.65. The van der Waals surface area contributed by atoms with Crippen molar-refractivity contribution in [1.29, 1.82) is 0 Å². The number of carbonyl (C=O) groups is 1. The molecule has 6 nitrogen and oxygen atoms in total. The third-order valence-electron chi connectivity index (χ3n) is 3.79. The third kappa shape index (κ3) is 6.05. The first kappa shape index (κ1) is 20.3. The molecule has 0 saturated carbocycles. The molecule has 5 N–H and O–H groups in total. The van der Waals surface area contributed by atoms with Crippen molar-refractivity contribution < 1.29 is 13.2 Å². The van der Waals surface area contributed by atoms with Crippen LogP contribution in [-0.2, 0) is 21.2 Å². The highest BCUT2D eigenvalue weighted by Crippen LogP contribution is 2.26. The van der Waals surface area contributed by atoms with E-state index in [-0.39, 0.29) is 16.1 Å².